The highest BCUT2D eigenvalue weighted by atomic mass is 19.4. The molecule has 4 N–H and O–H groups in total. The van der Waals surface area contributed by atoms with Crippen molar-refractivity contribution in [1.82, 2.24) is 5.32 Å². The fourth-order valence-corrected chi connectivity index (χ4v) is 2.99. The summed E-state index contributed by atoms with van der Waals surface area (Å²) in [6, 6.07) is 14.4. The van der Waals surface area contributed by atoms with E-state index < -0.39 is 29.5 Å². The van der Waals surface area contributed by atoms with Crippen molar-refractivity contribution in [3.8, 4) is 5.75 Å². The number of aromatic hydroxyl groups is 1. The molecule has 0 radical (unpaired) electrons. The third kappa shape index (κ3) is 6.70. The van der Waals surface area contributed by atoms with Crippen molar-refractivity contribution in [3.05, 3.63) is 102 Å². The van der Waals surface area contributed by atoms with Gasteiger partial charge in [0.1, 0.15) is 5.75 Å². The number of alkyl halides is 3. The predicted octanol–water partition coefficient (Wildman–Crippen LogP) is 4.72. The number of hydrogen-bond donors (Lipinski definition) is 4. The lowest BCUT2D eigenvalue weighted by Crippen LogP contribution is -2.23. The molecule has 0 atom stereocenters. The van der Waals surface area contributed by atoms with Gasteiger partial charge in [0.2, 0.25) is 5.91 Å². The van der Waals surface area contributed by atoms with Gasteiger partial charge < -0.3 is 21.1 Å². The van der Waals surface area contributed by atoms with Crippen molar-refractivity contribution in [3.63, 3.8) is 0 Å². The molecule has 0 saturated heterocycles. The van der Waals surface area contributed by atoms with Crippen molar-refractivity contribution >= 4 is 29.1 Å². The van der Waals surface area contributed by atoms with Crippen LogP contribution in [0.15, 0.2) is 79.4 Å². The number of halogens is 3. The van der Waals surface area contributed by atoms with E-state index in [2.05, 4.69) is 22.5 Å². The number of amides is 3. The Morgan fingerprint density at radius 2 is 1.49 bits per heavy atom. The molecule has 0 unspecified atom stereocenters. The molecule has 0 spiro atoms. The summed E-state index contributed by atoms with van der Waals surface area (Å²) in [7, 11) is 0. The molecular formula is C25H20F3N3O4. The molecule has 3 aromatic carbocycles. The van der Waals surface area contributed by atoms with Crippen LogP contribution in [0.4, 0.5) is 24.5 Å². The Labute approximate surface area is 198 Å². The molecule has 180 valence electrons. The van der Waals surface area contributed by atoms with E-state index in [-0.39, 0.29) is 23.4 Å². The van der Waals surface area contributed by atoms with Crippen LogP contribution in [0, 0.1) is 0 Å². The zero-order valence-electron chi connectivity index (χ0n) is 18.1. The average molecular weight is 483 g/mol. The Hall–Kier alpha value is -4.60. The highest BCUT2D eigenvalue weighted by Gasteiger charge is 2.30. The zero-order valence-corrected chi connectivity index (χ0v) is 18.1. The van der Waals surface area contributed by atoms with Crippen molar-refractivity contribution < 1.29 is 32.7 Å². The second kappa shape index (κ2) is 10.6. The van der Waals surface area contributed by atoms with Crippen molar-refractivity contribution in [2.24, 2.45) is 0 Å². The molecule has 0 bridgehead atoms. The number of rotatable bonds is 7. The summed E-state index contributed by atoms with van der Waals surface area (Å²) in [5, 5.41) is 17.7. The summed E-state index contributed by atoms with van der Waals surface area (Å²) in [6.45, 7) is 3.45. The SMILES string of the molecule is C=CC(=O)Nc1ccc(O)c(C(=O)Nc2ccc(CNC(=O)c3ccc(C(F)(F)F)cc3)cc2)c1. The van der Waals surface area contributed by atoms with Gasteiger partial charge in [-0.2, -0.15) is 13.2 Å². The molecule has 3 rings (SSSR count). The Morgan fingerprint density at radius 1 is 0.857 bits per heavy atom. The lowest BCUT2D eigenvalue weighted by Gasteiger charge is -2.11. The van der Waals surface area contributed by atoms with Crippen molar-refractivity contribution in [1.29, 1.82) is 0 Å². The maximum Gasteiger partial charge on any atom is 0.416 e. The maximum absolute atomic E-state index is 12.6. The molecule has 0 aliphatic carbocycles. The Morgan fingerprint density at radius 3 is 2.09 bits per heavy atom. The lowest BCUT2D eigenvalue weighted by atomic mass is 10.1. The van der Waals surface area contributed by atoms with Gasteiger partial charge in [-0.05, 0) is 66.2 Å². The summed E-state index contributed by atoms with van der Waals surface area (Å²) in [6.07, 6.45) is -3.41. The van der Waals surface area contributed by atoms with E-state index in [1.807, 2.05) is 0 Å². The number of nitrogens with one attached hydrogen (secondary N) is 3. The molecule has 0 aromatic heterocycles. The average Bonchev–Trinajstić information content (AvgIpc) is 2.84. The smallest absolute Gasteiger partial charge is 0.416 e. The molecule has 3 amide bonds. The summed E-state index contributed by atoms with van der Waals surface area (Å²) in [4.78, 5) is 36.2. The fraction of sp³-hybridized carbons (Fsp3) is 0.0800. The third-order valence-corrected chi connectivity index (χ3v) is 4.83. The second-order valence-electron chi connectivity index (χ2n) is 7.33. The van der Waals surface area contributed by atoms with Crippen LogP contribution < -0.4 is 16.0 Å². The second-order valence-corrected chi connectivity index (χ2v) is 7.33. The molecule has 3 aromatic rings. The van der Waals surface area contributed by atoms with E-state index in [1.165, 1.54) is 18.2 Å². The number of phenols is 1. The first kappa shape index (κ1) is 25.0. The monoisotopic (exact) mass is 483 g/mol. The van der Waals surface area contributed by atoms with Gasteiger partial charge in [0.25, 0.3) is 11.8 Å². The summed E-state index contributed by atoms with van der Waals surface area (Å²) in [5.74, 6) is -1.89. The van der Waals surface area contributed by atoms with Gasteiger partial charge >= 0.3 is 6.18 Å². The first-order valence-electron chi connectivity index (χ1n) is 10.2. The number of phenolic OH excluding ortho intramolecular Hbond substituents is 1. The standard InChI is InChI=1S/C25H20F3N3O4/c1-2-22(33)30-19-11-12-21(32)20(13-19)24(35)31-18-9-3-15(4-10-18)14-29-23(34)16-5-7-17(8-6-16)25(26,27)28/h2-13,32H,1,14H2,(H,29,34)(H,30,33)(H,31,35). The van der Waals surface area contributed by atoms with Crippen LogP contribution in [-0.4, -0.2) is 22.8 Å². The van der Waals surface area contributed by atoms with E-state index in [0.29, 0.717) is 16.9 Å². The highest BCUT2D eigenvalue weighted by Crippen LogP contribution is 2.29. The van der Waals surface area contributed by atoms with E-state index in [4.69, 9.17) is 0 Å². The molecule has 0 heterocycles. The van der Waals surface area contributed by atoms with Gasteiger partial charge in [0.15, 0.2) is 0 Å². The first-order valence-corrected chi connectivity index (χ1v) is 10.2. The van der Waals surface area contributed by atoms with Crippen molar-refractivity contribution in [2.75, 3.05) is 10.6 Å². The van der Waals surface area contributed by atoms with Gasteiger partial charge in [-0.1, -0.05) is 18.7 Å². The molecule has 0 saturated carbocycles. The Bertz CT molecular complexity index is 1250. The Balaban J connectivity index is 1.59. The van der Waals surface area contributed by atoms with Crippen LogP contribution in [0.25, 0.3) is 0 Å². The van der Waals surface area contributed by atoms with E-state index >= 15 is 0 Å². The molecule has 35 heavy (non-hydrogen) atoms. The van der Waals surface area contributed by atoms with E-state index in [0.717, 1.165) is 30.3 Å². The van der Waals surface area contributed by atoms with Gasteiger partial charge in [0.05, 0.1) is 11.1 Å². The minimum Gasteiger partial charge on any atom is -0.507 e. The summed E-state index contributed by atoms with van der Waals surface area (Å²) >= 11 is 0. The van der Waals surface area contributed by atoms with Gasteiger partial charge in [-0.3, -0.25) is 14.4 Å². The van der Waals surface area contributed by atoms with Crippen LogP contribution >= 0.6 is 0 Å². The van der Waals surface area contributed by atoms with Gasteiger partial charge in [-0.15, -0.1) is 0 Å². The normalized spacial score (nSPS) is 10.8. The topological polar surface area (TPSA) is 108 Å². The summed E-state index contributed by atoms with van der Waals surface area (Å²) in [5.41, 5.74) is 0.589. The van der Waals surface area contributed by atoms with Crippen LogP contribution in [0.3, 0.4) is 0 Å². The zero-order chi connectivity index (χ0) is 25.6. The first-order chi connectivity index (χ1) is 16.6. The maximum atomic E-state index is 12.6. The molecular weight excluding hydrogens is 463 g/mol. The molecule has 0 aliphatic rings. The van der Waals surface area contributed by atoms with Crippen LogP contribution in [0.1, 0.15) is 31.8 Å². The molecule has 10 heteroatoms. The summed E-state index contributed by atoms with van der Waals surface area (Å²) < 4.78 is 37.9. The van der Waals surface area contributed by atoms with Crippen LogP contribution in [0.5, 0.6) is 5.75 Å². The molecule has 0 aliphatic heterocycles. The highest BCUT2D eigenvalue weighted by molar-refractivity contribution is 6.07. The van der Waals surface area contributed by atoms with E-state index in [1.54, 1.807) is 24.3 Å². The minimum atomic E-state index is -4.48. The fourth-order valence-electron chi connectivity index (χ4n) is 2.99. The number of anilines is 2. The van der Waals surface area contributed by atoms with Gasteiger partial charge in [-0.25, -0.2) is 0 Å². The molecule has 7 nitrogen and oxygen atoms in total. The third-order valence-electron chi connectivity index (χ3n) is 4.83. The predicted molar refractivity (Wildman–Crippen MR) is 124 cm³/mol. The number of carbonyl (C=O) groups is 3. The Kier molecular flexibility index (Phi) is 7.55. The largest absolute Gasteiger partial charge is 0.507 e. The van der Waals surface area contributed by atoms with Crippen molar-refractivity contribution in [2.45, 2.75) is 12.7 Å². The number of benzene rings is 3. The number of carbonyl (C=O) groups excluding carboxylic acids is 3. The minimum absolute atomic E-state index is 0.0558. The van der Waals surface area contributed by atoms with Gasteiger partial charge in [0, 0.05) is 23.5 Å². The van der Waals surface area contributed by atoms with Crippen LogP contribution in [0.2, 0.25) is 0 Å². The molecule has 0 fully saturated rings. The van der Waals surface area contributed by atoms with E-state index in [9.17, 15) is 32.7 Å². The lowest BCUT2D eigenvalue weighted by molar-refractivity contribution is -0.137. The quantitative estimate of drug-likeness (QED) is 0.288. The van der Waals surface area contributed by atoms with Crippen LogP contribution in [-0.2, 0) is 17.5 Å². The number of hydrogen-bond acceptors (Lipinski definition) is 4.